The Labute approximate surface area is 202 Å². The summed E-state index contributed by atoms with van der Waals surface area (Å²) in [6.45, 7) is 4.72. The fourth-order valence-corrected chi connectivity index (χ4v) is 3.87. The number of rotatable bonds is 6. The van der Waals surface area contributed by atoms with E-state index in [-0.39, 0.29) is 23.0 Å². The third-order valence-corrected chi connectivity index (χ3v) is 5.42. The number of hydrogen-bond acceptors (Lipinski definition) is 10. The third kappa shape index (κ3) is 4.72. The Kier molecular flexibility index (Phi) is 6.56. The van der Waals surface area contributed by atoms with Crippen LogP contribution in [0.25, 0.3) is 0 Å². The molecule has 0 spiro atoms. The number of guanidine groups is 1. The summed E-state index contributed by atoms with van der Waals surface area (Å²) in [4.78, 5) is 8.87. The van der Waals surface area contributed by atoms with Gasteiger partial charge in [0.1, 0.15) is 35.9 Å². The zero-order valence-electron chi connectivity index (χ0n) is 19.3. The molecule has 0 saturated carbocycles. The molecule has 0 aliphatic carbocycles. The summed E-state index contributed by atoms with van der Waals surface area (Å²) in [5.41, 5.74) is 15.9. The first-order valence-electron chi connectivity index (χ1n) is 10.9. The molecule has 1 aliphatic rings. The van der Waals surface area contributed by atoms with Crippen molar-refractivity contribution < 1.29 is 9.47 Å². The van der Waals surface area contributed by atoms with Crippen LogP contribution in [-0.2, 0) is 6.61 Å². The minimum Gasteiger partial charge on any atom is -0.490 e. The lowest BCUT2D eigenvalue weighted by atomic mass is 9.95. The van der Waals surface area contributed by atoms with E-state index in [0.717, 1.165) is 11.1 Å². The van der Waals surface area contributed by atoms with Crippen LogP contribution in [0.4, 0.5) is 17.3 Å². The average molecular weight is 469 g/mol. The van der Waals surface area contributed by atoms with E-state index in [2.05, 4.69) is 26.7 Å². The van der Waals surface area contributed by atoms with Gasteiger partial charge in [-0.1, -0.05) is 35.9 Å². The van der Waals surface area contributed by atoms with Crippen LogP contribution in [0.1, 0.15) is 40.8 Å². The van der Waals surface area contributed by atoms with Gasteiger partial charge >= 0.3 is 0 Å². The van der Waals surface area contributed by atoms with Crippen molar-refractivity contribution in [1.82, 2.24) is 10.3 Å². The average Bonchev–Trinajstić information content (AvgIpc) is 2.83. The number of fused-ring (bicyclic) bond motifs is 1. The number of pyridine rings is 1. The fraction of sp³-hybridized carbons (Fsp3) is 0.200. The largest absolute Gasteiger partial charge is 0.490 e. The van der Waals surface area contributed by atoms with E-state index in [4.69, 9.17) is 26.2 Å². The molecule has 10 heteroatoms. The molecule has 35 heavy (non-hydrogen) atoms. The molecule has 6 N–H and O–H groups in total. The number of nitrogens with zero attached hydrogens (tertiary/aromatic N) is 4. The molecular formula is C25H24N8O2. The highest BCUT2D eigenvalue weighted by Gasteiger charge is 2.30. The molecule has 2 heterocycles. The number of aryl methyl sites for hydroxylation is 1. The Morgan fingerprint density at radius 2 is 1.94 bits per heavy atom. The number of ether oxygens (including phenoxy) is 2. The van der Waals surface area contributed by atoms with E-state index in [9.17, 15) is 5.26 Å². The van der Waals surface area contributed by atoms with E-state index < -0.39 is 6.04 Å². The van der Waals surface area contributed by atoms with Crippen molar-refractivity contribution in [3.63, 3.8) is 0 Å². The number of nitrogens with two attached hydrogens (primary N) is 2. The van der Waals surface area contributed by atoms with Gasteiger partial charge in [0.25, 0.3) is 0 Å². The Bertz CT molecular complexity index is 1390. The Morgan fingerprint density at radius 3 is 2.66 bits per heavy atom. The van der Waals surface area contributed by atoms with Gasteiger partial charge < -0.3 is 26.3 Å². The molecule has 1 aromatic heterocycles. The predicted octanol–water partition coefficient (Wildman–Crippen LogP) is 3.35. The molecule has 176 valence electrons. The molecule has 2 aromatic carbocycles. The Morgan fingerprint density at radius 1 is 1.11 bits per heavy atom. The molecule has 10 nitrogen and oxygen atoms in total. The summed E-state index contributed by atoms with van der Waals surface area (Å²) < 4.78 is 11.9. The molecule has 4 rings (SSSR count). The second-order valence-electron chi connectivity index (χ2n) is 7.82. The van der Waals surface area contributed by atoms with Crippen LogP contribution in [0.5, 0.6) is 11.5 Å². The number of nitrogens with one attached hydrogen (secondary N) is 2. The normalized spacial score (nSPS) is 13.9. The molecule has 1 aliphatic heterocycles. The van der Waals surface area contributed by atoms with Crippen LogP contribution >= 0.6 is 0 Å². The number of anilines is 3. The van der Waals surface area contributed by atoms with Gasteiger partial charge in [-0.05, 0) is 37.1 Å². The van der Waals surface area contributed by atoms with Crippen LogP contribution < -0.4 is 31.6 Å². The summed E-state index contributed by atoms with van der Waals surface area (Å²) in [6.07, 6.45) is 1.84. The lowest BCUT2D eigenvalue weighted by molar-refractivity contribution is 0.269. The third-order valence-electron chi connectivity index (χ3n) is 5.42. The quantitative estimate of drug-likeness (QED) is 0.313. The smallest absolute Gasteiger partial charge is 0.211 e. The van der Waals surface area contributed by atoms with Crippen molar-refractivity contribution in [2.45, 2.75) is 26.5 Å². The van der Waals surface area contributed by atoms with Crippen molar-refractivity contribution in [2.75, 3.05) is 23.4 Å². The van der Waals surface area contributed by atoms with Gasteiger partial charge in [0.05, 0.1) is 12.3 Å². The SMILES string of the molecule is CCOc1cc(C2N=C(NC#N)Nc3nc(N)c(C#N)c(N)c32)ccc1OCc1cccc(C)c1. The van der Waals surface area contributed by atoms with Crippen molar-refractivity contribution in [2.24, 2.45) is 4.99 Å². The number of nitrogen functional groups attached to an aromatic ring is 2. The number of hydrogen-bond donors (Lipinski definition) is 4. The summed E-state index contributed by atoms with van der Waals surface area (Å²) in [5, 5.41) is 24.0. The zero-order chi connectivity index (χ0) is 24.9. The summed E-state index contributed by atoms with van der Waals surface area (Å²) in [7, 11) is 0. The Balaban J connectivity index is 1.75. The Hall–Kier alpha value is -4.96. The van der Waals surface area contributed by atoms with Crippen molar-refractivity contribution in [3.8, 4) is 23.8 Å². The van der Waals surface area contributed by atoms with Crippen LogP contribution in [0.15, 0.2) is 47.5 Å². The highest BCUT2D eigenvalue weighted by atomic mass is 16.5. The fourth-order valence-electron chi connectivity index (χ4n) is 3.87. The van der Waals surface area contributed by atoms with Gasteiger partial charge in [-0.25, -0.2) is 9.98 Å². The van der Waals surface area contributed by atoms with Crippen LogP contribution in [0, 0.1) is 29.7 Å². The second-order valence-corrected chi connectivity index (χ2v) is 7.82. The van der Waals surface area contributed by atoms with Gasteiger partial charge in [-0.2, -0.15) is 10.5 Å². The minimum absolute atomic E-state index is 0.0110. The summed E-state index contributed by atoms with van der Waals surface area (Å²) >= 11 is 0. The van der Waals surface area contributed by atoms with E-state index in [0.29, 0.717) is 41.7 Å². The molecule has 0 amide bonds. The van der Waals surface area contributed by atoms with E-state index in [1.807, 2.05) is 56.4 Å². The molecular weight excluding hydrogens is 444 g/mol. The van der Waals surface area contributed by atoms with Crippen molar-refractivity contribution >= 4 is 23.3 Å². The van der Waals surface area contributed by atoms with Crippen LogP contribution in [0.2, 0.25) is 0 Å². The van der Waals surface area contributed by atoms with Gasteiger partial charge in [0, 0.05) is 5.56 Å². The van der Waals surface area contributed by atoms with Gasteiger partial charge in [-0.3, -0.25) is 5.32 Å². The monoisotopic (exact) mass is 468 g/mol. The van der Waals surface area contributed by atoms with Crippen LogP contribution in [0.3, 0.4) is 0 Å². The molecule has 1 atom stereocenters. The maximum Gasteiger partial charge on any atom is 0.211 e. The molecule has 0 bridgehead atoms. The molecule has 0 saturated heterocycles. The molecule has 0 radical (unpaired) electrons. The summed E-state index contributed by atoms with van der Waals surface area (Å²) in [5.74, 6) is 1.59. The predicted molar refractivity (Wildman–Crippen MR) is 133 cm³/mol. The van der Waals surface area contributed by atoms with Gasteiger partial charge in [0.15, 0.2) is 17.7 Å². The lowest BCUT2D eigenvalue weighted by Crippen LogP contribution is -2.32. The van der Waals surface area contributed by atoms with E-state index in [1.165, 1.54) is 0 Å². The number of nitriles is 2. The van der Waals surface area contributed by atoms with Crippen molar-refractivity contribution in [3.05, 3.63) is 70.3 Å². The number of benzene rings is 2. The summed E-state index contributed by atoms with van der Waals surface area (Å²) in [6, 6.07) is 14.9. The maximum atomic E-state index is 9.52. The van der Waals surface area contributed by atoms with Crippen LogP contribution in [-0.4, -0.2) is 17.6 Å². The number of aromatic nitrogens is 1. The minimum atomic E-state index is -0.674. The van der Waals surface area contributed by atoms with E-state index in [1.54, 1.807) is 6.07 Å². The van der Waals surface area contributed by atoms with Gasteiger partial charge in [-0.15, -0.1) is 0 Å². The molecule has 0 fully saturated rings. The first-order chi connectivity index (χ1) is 16.9. The standard InChI is InChI=1S/C25H24N8O2/c1-3-34-19-10-16(7-8-18(19)35-12-15-6-4-5-14(2)9-15)22-20-21(28)17(11-26)23(29)32-24(20)33-25(31-22)30-13-27/h4-10,22H,3,12H2,1-2H3,(H6,28,29,30,31,32,33). The van der Waals surface area contributed by atoms with Crippen molar-refractivity contribution in [1.29, 1.82) is 10.5 Å². The first kappa shape index (κ1) is 23.2. The molecule has 3 aromatic rings. The van der Waals surface area contributed by atoms with E-state index >= 15 is 0 Å². The second kappa shape index (κ2) is 9.89. The molecule has 1 unspecified atom stereocenters. The highest BCUT2D eigenvalue weighted by Crippen LogP contribution is 2.42. The topological polar surface area (TPSA) is 167 Å². The maximum absolute atomic E-state index is 9.52. The van der Waals surface area contributed by atoms with Gasteiger partial charge in [0.2, 0.25) is 5.96 Å². The zero-order valence-corrected chi connectivity index (χ0v) is 19.3. The highest BCUT2D eigenvalue weighted by molar-refractivity contribution is 5.98. The lowest BCUT2D eigenvalue weighted by Gasteiger charge is -2.26. The first-order valence-corrected chi connectivity index (χ1v) is 10.9. The number of aliphatic imine (C=N–C) groups is 1.